The minimum atomic E-state index is -1.50. The van der Waals surface area contributed by atoms with Gasteiger partial charge in [-0.05, 0) is 188 Å². The van der Waals surface area contributed by atoms with E-state index in [-0.39, 0.29) is 0 Å². The number of fused-ring (bicyclic) bond motifs is 2. The van der Waals surface area contributed by atoms with Gasteiger partial charge < -0.3 is 28.7 Å². The lowest BCUT2D eigenvalue weighted by atomic mass is 9.75. The molecule has 0 amide bonds. The molecule has 0 saturated heterocycles. The Labute approximate surface area is 566 Å². The van der Waals surface area contributed by atoms with Crippen molar-refractivity contribution in [3.05, 3.63) is 368 Å². The highest BCUT2D eigenvalue weighted by atomic mass is 79.9. The van der Waals surface area contributed by atoms with Gasteiger partial charge in [0.15, 0.2) is 11.2 Å². The maximum atomic E-state index is 9.65. The third-order valence-electron chi connectivity index (χ3n) is 16.7. The first-order valence-electron chi connectivity index (χ1n) is 31.7. The van der Waals surface area contributed by atoms with Crippen LogP contribution in [-0.4, -0.2) is 27.1 Å². The van der Waals surface area contributed by atoms with Gasteiger partial charge in [0.05, 0.1) is 0 Å². The molecule has 10 heteroatoms. The second-order valence-electron chi connectivity index (χ2n) is 22.8. The SMILES string of the molecule is Brc1ccccc1-c1ccc(-c2nc3ccccc3o2)cc1.OB(O)c1ccccc1-c1ccc(N(c2ccccc2)c2ccccc2)cc1.c1ccc(N(c2ccccc2)c2ccc(-c3ccccc3-c3ccccc3-c3ccc(-c4nc5ccccc5o4)cc3)cc2)cc1. The molecule has 96 heavy (non-hydrogen) atoms. The maximum absolute atomic E-state index is 9.65. The molecule has 0 aliphatic rings. The monoisotopic (exact) mass is 1300 g/mol. The summed E-state index contributed by atoms with van der Waals surface area (Å²) in [6.07, 6.45) is 0. The molecule has 0 atom stereocenters. The Hall–Kier alpha value is -11.9. The maximum Gasteiger partial charge on any atom is 0.489 e. The van der Waals surface area contributed by atoms with Crippen molar-refractivity contribution in [2.45, 2.75) is 0 Å². The summed E-state index contributed by atoms with van der Waals surface area (Å²) in [4.78, 5) is 13.7. The zero-order chi connectivity index (χ0) is 65.0. The van der Waals surface area contributed by atoms with Crippen LogP contribution in [0.25, 0.3) is 101 Å². The number of para-hydroxylation sites is 8. The van der Waals surface area contributed by atoms with Gasteiger partial charge in [-0.25, -0.2) is 9.97 Å². The van der Waals surface area contributed by atoms with E-state index in [0.29, 0.717) is 17.2 Å². The second kappa shape index (κ2) is 28.9. The van der Waals surface area contributed by atoms with Crippen LogP contribution in [0.5, 0.6) is 0 Å². The van der Waals surface area contributed by atoms with Gasteiger partial charge >= 0.3 is 7.12 Å². The van der Waals surface area contributed by atoms with Crippen LogP contribution >= 0.6 is 15.9 Å². The number of hydrogen-bond donors (Lipinski definition) is 2. The third-order valence-corrected chi connectivity index (χ3v) is 17.4. The molecule has 16 aromatic rings. The summed E-state index contributed by atoms with van der Waals surface area (Å²) < 4.78 is 12.9. The topological polar surface area (TPSA) is 99.0 Å². The Bertz CT molecular complexity index is 5060. The van der Waals surface area contributed by atoms with Crippen molar-refractivity contribution < 1.29 is 18.9 Å². The molecular formula is C86H62BBrN4O4. The molecule has 460 valence electrons. The van der Waals surface area contributed by atoms with Crippen LogP contribution in [0.4, 0.5) is 34.1 Å². The van der Waals surface area contributed by atoms with E-state index >= 15 is 0 Å². The number of nitrogens with zero attached hydrogens (tertiary/aromatic N) is 4. The number of halogens is 1. The van der Waals surface area contributed by atoms with Gasteiger partial charge in [-0.15, -0.1) is 0 Å². The van der Waals surface area contributed by atoms with Crippen LogP contribution < -0.4 is 15.3 Å². The largest absolute Gasteiger partial charge is 0.489 e. The van der Waals surface area contributed by atoms with Crippen LogP contribution in [0.2, 0.25) is 0 Å². The van der Waals surface area contributed by atoms with Gasteiger partial charge in [-0.2, -0.15) is 0 Å². The number of oxazole rings is 2. The van der Waals surface area contributed by atoms with E-state index in [0.717, 1.165) is 94.2 Å². The molecule has 0 spiro atoms. The molecule has 0 unspecified atom stereocenters. The molecule has 2 N–H and O–H groups in total. The average Bonchev–Trinajstić information content (AvgIpc) is 0.924. The van der Waals surface area contributed by atoms with Gasteiger partial charge in [-0.1, -0.05) is 253 Å². The molecule has 0 bridgehead atoms. The van der Waals surface area contributed by atoms with Crippen LogP contribution in [0.15, 0.2) is 377 Å². The lowest BCUT2D eigenvalue weighted by Crippen LogP contribution is -2.31. The van der Waals surface area contributed by atoms with E-state index in [9.17, 15) is 10.0 Å². The number of anilines is 6. The molecule has 8 nitrogen and oxygen atoms in total. The summed E-state index contributed by atoms with van der Waals surface area (Å²) in [6, 6.07) is 124. The van der Waals surface area contributed by atoms with Gasteiger partial charge in [0.1, 0.15) is 11.0 Å². The molecule has 0 radical (unpaired) electrons. The summed E-state index contributed by atoms with van der Waals surface area (Å²) in [6.45, 7) is 0. The molecule has 0 aliphatic carbocycles. The number of rotatable bonds is 14. The van der Waals surface area contributed by atoms with E-state index in [2.05, 4.69) is 248 Å². The Morgan fingerprint density at radius 3 is 0.896 bits per heavy atom. The minimum absolute atomic E-state index is 0.498. The summed E-state index contributed by atoms with van der Waals surface area (Å²) in [5, 5.41) is 19.3. The molecule has 0 fully saturated rings. The lowest BCUT2D eigenvalue weighted by molar-refractivity contribution is 0.426. The fourth-order valence-electron chi connectivity index (χ4n) is 12.0. The molecule has 2 aromatic heterocycles. The highest BCUT2D eigenvalue weighted by Gasteiger charge is 2.20. The van der Waals surface area contributed by atoms with E-state index in [4.69, 9.17) is 8.83 Å². The standard InChI is InChI=1S/C43H30N2O.C24H20BNO2.C19H12BrNO/c1-3-13-34(14-4-1)45(35-15-5-2-6-16-35)36-29-27-32(28-30-36)38-18-8-10-20-40(38)39-19-9-7-17-37(39)31-23-25-33(26-24-31)43-44-41-21-11-12-22-42(41)46-43;27-25(28)24-14-8-7-13-23(24)19-15-17-22(18-16-19)26(20-9-3-1-4-10-20)21-11-5-2-6-12-21;20-16-6-2-1-5-15(16)13-9-11-14(12-10-13)19-21-17-7-3-4-8-18(17)22-19/h1-30H;1-18,27-28H;1-12H. The van der Waals surface area contributed by atoms with Crippen LogP contribution in [0.1, 0.15) is 0 Å². The highest BCUT2D eigenvalue weighted by Crippen LogP contribution is 2.42. The lowest BCUT2D eigenvalue weighted by Gasteiger charge is -2.25. The Balaban J connectivity index is 0.000000135. The van der Waals surface area contributed by atoms with Crippen LogP contribution in [0, 0.1) is 0 Å². The Kier molecular flexibility index (Phi) is 18.6. The molecule has 14 aromatic carbocycles. The predicted octanol–water partition coefficient (Wildman–Crippen LogP) is 22.4. The molecule has 2 heterocycles. The van der Waals surface area contributed by atoms with Crippen LogP contribution in [-0.2, 0) is 0 Å². The van der Waals surface area contributed by atoms with Gasteiger partial charge in [-0.3, -0.25) is 0 Å². The van der Waals surface area contributed by atoms with Crippen molar-refractivity contribution in [2.75, 3.05) is 9.80 Å². The van der Waals surface area contributed by atoms with Crippen molar-refractivity contribution in [1.82, 2.24) is 9.97 Å². The van der Waals surface area contributed by atoms with E-state index < -0.39 is 7.12 Å². The fourth-order valence-corrected chi connectivity index (χ4v) is 12.5. The number of hydrogen-bond acceptors (Lipinski definition) is 8. The first-order valence-corrected chi connectivity index (χ1v) is 32.5. The molecule has 0 aliphatic heterocycles. The smallest absolute Gasteiger partial charge is 0.436 e. The van der Waals surface area contributed by atoms with Crippen LogP contribution in [0.3, 0.4) is 0 Å². The summed E-state index contributed by atoms with van der Waals surface area (Å²) in [7, 11) is -1.50. The first-order chi connectivity index (χ1) is 47.4. The molecule has 16 rings (SSSR count). The number of aromatic nitrogens is 2. The zero-order valence-electron chi connectivity index (χ0n) is 52.1. The van der Waals surface area contributed by atoms with E-state index in [1.54, 1.807) is 12.1 Å². The first kappa shape index (κ1) is 61.6. The third kappa shape index (κ3) is 13.8. The number of benzene rings is 14. The molecule has 0 saturated carbocycles. The normalized spacial score (nSPS) is 10.9. The van der Waals surface area contributed by atoms with E-state index in [1.165, 1.54) is 33.4 Å². The Morgan fingerprint density at radius 2 is 0.521 bits per heavy atom. The summed E-state index contributed by atoms with van der Waals surface area (Å²) >= 11 is 3.59. The van der Waals surface area contributed by atoms with Crippen molar-refractivity contribution in [1.29, 1.82) is 0 Å². The van der Waals surface area contributed by atoms with Gasteiger partial charge in [0.25, 0.3) is 0 Å². The minimum Gasteiger partial charge on any atom is -0.436 e. The van der Waals surface area contributed by atoms with E-state index in [1.807, 2.05) is 140 Å². The predicted molar refractivity (Wildman–Crippen MR) is 399 cm³/mol. The van der Waals surface area contributed by atoms with Gasteiger partial charge in [0.2, 0.25) is 11.8 Å². The summed E-state index contributed by atoms with van der Waals surface area (Å²) in [5.41, 5.74) is 23.5. The summed E-state index contributed by atoms with van der Waals surface area (Å²) in [5.74, 6) is 1.28. The second-order valence-corrected chi connectivity index (χ2v) is 23.6. The highest BCUT2D eigenvalue weighted by molar-refractivity contribution is 9.10. The van der Waals surface area contributed by atoms with Crippen molar-refractivity contribution in [3.63, 3.8) is 0 Å². The van der Waals surface area contributed by atoms with Gasteiger partial charge in [0, 0.05) is 49.7 Å². The zero-order valence-corrected chi connectivity index (χ0v) is 53.7. The molecular weight excluding hydrogens is 1240 g/mol. The van der Waals surface area contributed by atoms with Crippen molar-refractivity contribution in [3.8, 4) is 78.5 Å². The quantitative estimate of drug-likeness (QED) is 0.104. The van der Waals surface area contributed by atoms with Crippen molar-refractivity contribution >= 4 is 84.8 Å². The fraction of sp³-hybridized carbons (Fsp3) is 0. The van der Waals surface area contributed by atoms with Crippen molar-refractivity contribution in [2.24, 2.45) is 0 Å². The Morgan fingerprint density at radius 1 is 0.250 bits per heavy atom. The average molecular weight is 1310 g/mol.